The van der Waals surface area contributed by atoms with Gasteiger partial charge in [0.2, 0.25) is 0 Å². The number of nitrogens with one attached hydrogen (secondary N) is 1. The lowest BCUT2D eigenvalue weighted by Crippen LogP contribution is -3.17. The normalized spacial score (nSPS) is 15.9. The molecule has 0 fully saturated rings. The molecule has 1 rings (SSSR count). The van der Waals surface area contributed by atoms with E-state index in [9.17, 15) is 10.2 Å². The lowest BCUT2D eigenvalue weighted by Gasteiger charge is -2.29. The van der Waals surface area contributed by atoms with Gasteiger partial charge in [-0.2, -0.15) is 0 Å². The SMILES string of the molecule is C[C@H](CCc1ccccc1)[NH+](C[C@H](O)CO)C[C@H](O)CO. The topological polar surface area (TPSA) is 85.4 Å². The molecular weight excluding hydrogens is 270 g/mol. The Bertz CT molecular complexity index is 362. The molecule has 0 aliphatic rings. The van der Waals surface area contributed by atoms with Crippen molar-refractivity contribution in [2.24, 2.45) is 0 Å². The molecule has 1 aromatic carbocycles. The van der Waals surface area contributed by atoms with E-state index in [1.165, 1.54) is 5.56 Å². The highest BCUT2D eigenvalue weighted by molar-refractivity contribution is 5.14. The Labute approximate surface area is 126 Å². The molecule has 0 bridgehead atoms. The van der Waals surface area contributed by atoms with Crippen LogP contribution in [0.25, 0.3) is 0 Å². The van der Waals surface area contributed by atoms with Crippen LogP contribution in [0.4, 0.5) is 0 Å². The van der Waals surface area contributed by atoms with E-state index in [0.717, 1.165) is 17.7 Å². The zero-order chi connectivity index (χ0) is 15.7. The Morgan fingerprint density at radius 2 is 1.48 bits per heavy atom. The van der Waals surface area contributed by atoms with Crippen LogP contribution in [0.15, 0.2) is 30.3 Å². The van der Waals surface area contributed by atoms with Gasteiger partial charge in [0.1, 0.15) is 25.3 Å². The maximum absolute atomic E-state index is 9.63. The van der Waals surface area contributed by atoms with Gasteiger partial charge in [0.25, 0.3) is 0 Å². The summed E-state index contributed by atoms with van der Waals surface area (Å²) in [6.45, 7) is 2.22. The number of aliphatic hydroxyl groups is 4. The summed E-state index contributed by atoms with van der Waals surface area (Å²) in [5, 5.41) is 37.2. The molecule has 0 amide bonds. The number of hydrogen-bond donors (Lipinski definition) is 5. The summed E-state index contributed by atoms with van der Waals surface area (Å²) in [4.78, 5) is 0.994. The Morgan fingerprint density at radius 3 is 1.95 bits per heavy atom. The molecule has 21 heavy (non-hydrogen) atoms. The predicted molar refractivity (Wildman–Crippen MR) is 81.1 cm³/mol. The summed E-state index contributed by atoms with van der Waals surface area (Å²) in [5.41, 5.74) is 1.26. The fourth-order valence-electron chi connectivity index (χ4n) is 2.45. The van der Waals surface area contributed by atoms with Crippen molar-refractivity contribution < 1.29 is 25.3 Å². The molecule has 0 unspecified atom stereocenters. The molecule has 0 radical (unpaired) electrons. The number of hydrogen-bond acceptors (Lipinski definition) is 4. The quantitative estimate of drug-likeness (QED) is 0.368. The lowest BCUT2D eigenvalue weighted by atomic mass is 10.0. The molecule has 1 aromatic rings. The minimum absolute atomic E-state index is 0.215. The molecule has 0 heterocycles. The van der Waals surface area contributed by atoms with Crippen LogP contribution in [-0.4, -0.2) is 65.0 Å². The molecule has 0 aliphatic heterocycles. The Balaban J connectivity index is 2.54. The molecule has 5 heteroatoms. The lowest BCUT2D eigenvalue weighted by molar-refractivity contribution is -0.929. The van der Waals surface area contributed by atoms with Gasteiger partial charge in [-0.25, -0.2) is 0 Å². The number of rotatable bonds is 10. The third kappa shape index (κ3) is 7.02. The van der Waals surface area contributed by atoms with Crippen LogP contribution in [0.1, 0.15) is 18.9 Å². The number of aliphatic hydroxyl groups excluding tert-OH is 4. The van der Waals surface area contributed by atoms with E-state index >= 15 is 0 Å². The van der Waals surface area contributed by atoms with Crippen LogP contribution in [0.2, 0.25) is 0 Å². The fourth-order valence-corrected chi connectivity index (χ4v) is 2.45. The number of aryl methyl sites for hydroxylation is 1. The monoisotopic (exact) mass is 298 g/mol. The average molecular weight is 298 g/mol. The maximum atomic E-state index is 9.63. The van der Waals surface area contributed by atoms with Gasteiger partial charge in [-0.15, -0.1) is 0 Å². The largest absolute Gasteiger partial charge is 0.393 e. The third-order valence-electron chi connectivity index (χ3n) is 3.82. The molecule has 5 nitrogen and oxygen atoms in total. The fraction of sp³-hybridized carbons (Fsp3) is 0.625. The summed E-state index contributed by atoms with van der Waals surface area (Å²) in [7, 11) is 0. The van der Waals surface area contributed by atoms with Gasteiger partial charge in [0.05, 0.1) is 19.3 Å². The van der Waals surface area contributed by atoms with Gasteiger partial charge in [-0.05, 0) is 18.9 Å². The smallest absolute Gasteiger partial charge is 0.126 e. The summed E-state index contributed by atoms with van der Waals surface area (Å²) in [6, 6.07) is 10.4. The van der Waals surface area contributed by atoms with Crippen molar-refractivity contribution in [1.29, 1.82) is 0 Å². The van der Waals surface area contributed by atoms with Crippen molar-refractivity contribution in [3.8, 4) is 0 Å². The van der Waals surface area contributed by atoms with Gasteiger partial charge < -0.3 is 25.3 Å². The maximum Gasteiger partial charge on any atom is 0.126 e. The summed E-state index contributed by atoms with van der Waals surface area (Å²) in [6.07, 6.45) is 0.237. The molecular formula is C16H28NO4+. The van der Waals surface area contributed by atoms with Crippen LogP contribution < -0.4 is 4.90 Å². The first-order valence-corrected chi connectivity index (χ1v) is 7.53. The van der Waals surface area contributed by atoms with Crippen LogP contribution >= 0.6 is 0 Å². The van der Waals surface area contributed by atoms with E-state index < -0.39 is 12.2 Å². The minimum atomic E-state index is -0.801. The first-order valence-electron chi connectivity index (χ1n) is 7.53. The van der Waals surface area contributed by atoms with Crippen LogP contribution in [-0.2, 0) is 6.42 Å². The van der Waals surface area contributed by atoms with Crippen LogP contribution in [0.5, 0.6) is 0 Å². The van der Waals surface area contributed by atoms with E-state index in [1.54, 1.807) is 0 Å². The van der Waals surface area contributed by atoms with Gasteiger partial charge in [0.15, 0.2) is 0 Å². The Morgan fingerprint density at radius 1 is 0.952 bits per heavy atom. The van der Waals surface area contributed by atoms with Crippen molar-refractivity contribution in [2.45, 2.75) is 38.0 Å². The third-order valence-corrected chi connectivity index (χ3v) is 3.82. The van der Waals surface area contributed by atoms with Gasteiger partial charge in [-0.1, -0.05) is 30.3 Å². The van der Waals surface area contributed by atoms with Gasteiger partial charge >= 0.3 is 0 Å². The van der Waals surface area contributed by atoms with E-state index in [1.807, 2.05) is 18.2 Å². The standard InChI is InChI=1S/C16H27NO4/c1-13(7-8-14-5-3-2-4-6-14)17(9-15(20)11-18)10-16(21)12-19/h2-6,13,15-16,18-21H,7-12H2,1H3/p+1/t13-,15+,16+/m1/s1. The highest BCUT2D eigenvalue weighted by Gasteiger charge is 2.23. The molecule has 0 aliphatic carbocycles. The molecule has 0 spiro atoms. The van der Waals surface area contributed by atoms with Gasteiger partial charge in [0, 0.05) is 6.42 Å². The van der Waals surface area contributed by atoms with E-state index in [0.29, 0.717) is 13.1 Å². The van der Waals surface area contributed by atoms with Crippen LogP contribution in [0, 0.1) is 0 Å². The predicted octanol–water partition coefficient (Wildman–Crippen LogP) is -1.40. The van der Waals surface area contributed by atoms with Crippen molar-refractivity contribution in [1.82, 2.24) is 0 Å². The Kier molecular flexibility index (Phi) is 8.49. The average Bonchev–Trinajstić information content (AvgIpc) is 2.52. The molecule has 120 valence electrons. The zero-order valence-electron chi connectivity index (χ0n) is 12.7. The van der Waals surface area contributed by atoms with E-state index in [2.05, 4.69) is 19.1 Å². The molecule has 0 saturated carbocycles. The summed E-state index contributed by atoms with van der Waals surface area (Å²) in [5.74, 6) is 0. The first-order chi connectivity index (χ1) is 10.1. The first kappa shape index (κ1) is 18.1. The Hall–Kier alpha value is -0.980. The van der Waals surface area contributed by atoms with Crippen molar-refractivity contribution in [3.63, 3.8) is 0 Å². The molecule has 0 aromatic heterocycles. The minimum Gasteiger partial charge on any atom is -0.393 e. The highest BCUT2D eigenvalue weighted by Crippen LogP contribution is 2.03. The summed E-state index contributed by atoms with van der Waals surface area (Å²) < 4.78 is 0. The zero-order valence-corrected chi connectivity index (χ0v) is 12.7. The number of benzene rings is 1. The van der Waals surface area contributed by atoms with Crippen molar-refractivity contribution in [3.05, 3.63) is 35.9 Å². The molecule has 3 atom stereocenters. The number of quaternary nitrogens is 1. The second kappa shape index (κ2) is 9.87. The van der Waals surface area contributed by atoms with Crippen molar-refractivity contribution in [2.75, 3.05) is 26.3 Å². The van der Waals surface area contributed by atoms with Crippen molar-refractivity contribution >= 4 is 0 Å². The van der Waals surface area contributed by atoms with Gasteiger partial charge in [-0.3, -0.25) is 0 Å². The summed E-state index contributed by atoms with van der Waals surface area (Å²) >= 11 is 0. The molecule has 5 N–H and O–H groups in total. The second-order valence-electron chi connectivity index (χ2n) is 5.66. The second-order valence-corrected chi connectivity index (χ2v) is 5.66. The van der Waals surface area contributed by atoms with Crippen LogP contribution in [0.3, 0.4) is 0 Å². The van der Waals surface area contributed by atoms with E-state index in [-0.39, 0.29) is 19.3 Å². The highest BCUT2D eigenvalue weighted by atomic mass is 16.3. The molecule has 0 saturated heterocycles. The van der Waals surface area contributed by atoms with E-state index in [4.69, 9.17) is 10.2 Å².